The fraction of sp³-hybridized carbons (Fsp3) is 0.533. The highest BCUT2D eigenvalue weighted by molar-refractivity contribution is 6.11. The Hall–Kier alpha value is -3.22. The number of hydrogen-bond acceptors (Lipinski definition) is 5. The zero-order valence-electron chi connectivity index (χ0n) is 22.4. The second-order valence-electron chi connectivity index (χ2n) is 12.6. The molecular formula is C30H36N2O5. The molecule has 6 rings (SSSR count). The van der Waals surface area contributed by atoms with E-state index in [0.717, 1.165) is 46.7 Å². The average Bonchev–Trinajstić information content (AvgIpc) is 3.45. The van der Waals surface area contributed by atoms with Crippen LogP contribution >= 0.6 is 0 Å². The van der Waals surface area contributed by atoms with Gasteiger partial charge in [0, 0.05) is 47.9 Å². The summed E-state index contributed by atoms with van der Waals surface area (Å²) in [7, 11) is 0. The van der Waals surface area contributed by atoms with Crippen molar-refractivity contribution in [2.24, 2.45) is 5.92 Å². The van der Waals surface area contributed by atoms with E-state index in [4.69, 9.17) is 14.2 Å². The number of ether oxygens (including phenoxy) is 3. The van der Waals surface area contributed by atoms with Gasteiger partial charge < -0.3 is 24.0 Å². The topological polar surface area (TPSA) is 68.3 Å². The SMILES string of the molecule is CC(C)(C)OC(=O)N1CCC(CN2C(=O)C3(COc4cc5c(cc43)C(C)(C)CO5)c3ccccc32)CC1. The Kier molecular flexibility index (Phi) is 5.31. The van der Waals surface area contributed by atoms with Gasteiger partial charge in [0.25, 0.3) is 0 Å². The van der Waals surface area contributed by atoms with E-state index in [-0.39, 0.29) is 17.4 Å². The van der Waals surface area contributed by atoms with E-state index in [1.54, 1.807) is 4.90 Å². The molecule has 4 aliphatic rings. The fourth-order valence-corrected chi connectivity index (χ4v) is 6.25. The van der Waals surface area contributed by atoms with Crippen LogP contribution in [0.2, 0.25) is 0 Å². The number of carbonyl (C=O) groups is 2. The van der Waals surface area contributed by atoms with E-state index in [0.29, 0.717) is 38.8 Å². The number of likely N-dealkylation sites (tertiary alicyclic amines) is 1. The van der Waals surface area contributed by atoms with Gasteiger partial charge in [-0.3, -0.25) is 4.79 Å². The lowest BCUT2D eigenvalue weighted by atomic mass is 9.75. The largest absolute Gasteiger partial charge is 0.492 e. The highest BCUT2D eigenvalue weighted by Gasteiger charge is 2.57. The Morgan fingerprint density at radius 2 is 1.68 bits per heavy atom. The molecule has 1 spiro atoms. The number of anilines is 1. The molecular weight excluding hydrogens is 468 g/mol. The molecule has 1 saturated heterocycles. The number of carbonyl (C=O) groups excluding carboxylic acids is 2. The van der Waals surface area contributed by atoms with Gasteiger partial charge in [-0.05, 0) is 57.2 Å². The van der Waals surface area contributed by atoms with E-state index in [1.807, 2.05) is 43.9 Å². The molecule has 1 unspecified atom stereocenters. The molecule has 2 aromatic carbocycles. The van der Waals surface area contributed by atoms with Crippen LogP contribution in [-0.2, 0) is 20.4 Å². The Balaban J connectivity index is 1.27. The number of piperidine rings is 1. The standard InChI is InChI=1S/C30H36N2O5/c1-28(2,3)37-27(34)31-12-10-19(11-13-31)16-32-23-9-7-6-8-20(23)30(26(32)33)18-36-25-15-24-21(14-22(25)30)29(4,5)17-35-24/h6-9,14-15,19H,10-13,16-18H2,1-5H3. The predicted molar refractivity (Wildman–Crippen MR) is 141 cm³/mol. The summed E-state index contributed by atoms with van der Waals surface area (Å²) in [4.78, 5) is 30.6. The first-order valence-corrected chi connectivity index (χ1v) is 13.3. The monoisotopic (exact) mass is 504 g/mol. The van der Waals surface area contributed by atoms with Crippen molar-refractivity contribution in [3.05, 3.63) is 53.1 Å². The predicted octanol–water partition coefficient (Wildman–Crippen LogP) is 5.03. The van der Waals surface area contributed by atoms with Gasteiger partial charge in [-0.1, -0.05) is 32.0 Å². The second-order valence-corrected chi connectivity index (χ2v) is 12.6. The molecule has 0 aromatic heterocycles. The van der Waals surface area contributed by atoms with Crippen LogP contribution < -0.4 is 14.4 Å². The molecule has 196 valence electrons. The maximum atomic E-state index is 14.3. The highest BCUT2D eigenvalue weighted by atomic mass is 16.6. The van der Waals surface area contributed by atoms with Crippen LogP contribution in [0.3, 0.4) is 0 Å². The van der Waals surface area contributed by atoms with Crippen molar-refractivity contribution in [3.8, 4) is 11.5 Å². The summed E-state index contributed by atoms with van der Waals surface area (Å²) < 4.78 is 17.7. The lowest BCUT2D eigenvalue weighted by Crippen LogP contribution is -2.47. The molecule has 0 saturated carbocycles. The van der Waals surface area contributed by atoms with Crippen molar-refractivity contribution in [1.29, 1.82) is 0 Å². The number of rotatable bonds is 2. The quantitative estimate of drug-likeness (QED) is 0.574. The van der Waals surface area contributed by atoms with Gasteiger partial charge in [-0.25, -0.2) is 4.79 Å². The van der Waals surface area contributed by atoms with Crippen LogP contribution in [0.25, 0.3) is 0 Å². The third-order valence-corrected chi connectivity index (χ3v) is 8.28. The molecule has 37 heavy (non-hydrogen) atoms. The lowest BCUT2D eigenvalue weighted by Gasteiger charge is -2.35. The maximum absolute atomic E-state index is 14.3. The van der Waals surface area contributed by atoms with Crippen LogP contribution in [0.15, 0.2) is 36.4 Å². The molecule has 0 aliphatic carbocycles. The number of amides is 2. The Morgan fingerprint density at radius 1 is 1.00 bits per heavy atom. The number of hydrogen-bond donors (Lipinski definition) is 0. The summed E-state index contributed by atoms with van der Waals surface area (Å²) in [5, 5.41) is 0. The van der Waals surface area contributed by atoms with E-state index in [9.17, 15) is 9.59 Å². The summed E-state index contributed by atoms with van der Waals surface area (Å²) in [5.41, 5.74) is 2.61. The van der Waals surface area contributed by atoms with E-state index in [1.165, 1.54) is 0 Å². The average molecular weight is 505 g/mol. The van der Waals surface area contributed by atoms with Gasteiger partial charge in [0.1, 0.15) is 29.1 Å². The first-order valence-electron chi connectivity index (χ1n) is 13.3. The Bertz CT molecular complexity index is 1270. The first-order chi connectivity index (χ1) is 17.5. The molecule has 1 fully saturated rings. The zero-order chi connectivity index (χ0) is 26.2. The third kappa shape index (κ3) is 3.77. The van der Waals surface area contributed by atoms with Crippen molar-refractivity contribution < 1.29 is 23.8 Å². The Labute approximate surface area is 218 Å². The molecule has 4 heterocycles. The molecule has 2 amide bonds. The molecule has 4 aliphatic heterocycles. The van der Waals surface area contributed by atoms with Gasteiger partial charge in [-0.15, -0.1) is 0 Å². The molecule has 0 radical (unpaired) electrons. The summed E-state index contributed by atoms with van der Waals surface area (Å²) >= 11 is 0. The zero-order valence-corrected chi connectivity index (χ0v) is 22.4. The number of benzene rings is 2. The first kappa shape index (κ1) is 24.1. The van der Waals surface area contributed by atoms with Crippen molar-refractivity contribution in [2.45, 2.75) is 63.9 Å². The van der Waals surface area contributed by atoms with Gasteiger partial charge in [-0.2, -0.15) is 0 Å². The van der Waals surface area contributed by atoms with Crippen molar-refractivity contribution in [1.82, 2.24) is 4.90 Å². The Morgan fingerprint density at radius 3 is 2.41 bits per heavy atom. The van der Waals surface area contributed by atoms with Crippen LogP contribution in [-0.4, -0.2) is 55.3 Å². The van der Waals surface area contributed by atoms with Crippen LogP contribution in [0.4, 0.5) is 10.5 Å². The molecule has 2 aromatic rings. The van der Waals surface area contributed by atoms with Crippen LogP contribution in [0.1, 0.15) is 64.2 Å². The number of para-hydroxylation sites is 1. The summed E-state index contributed by atoms with van der Waals surface area (Å²) in [6, 6.07) is 12.3. The smallest absolute Gasteiger partial charge is 0.410 e. The third-order valence-electron chi connectivity index (χ3n) is 8.28. The van der Waals surface area contributed by atoms with E-state index < -0.39 is 11.0 Å². The molecule has 0 N–H and O–H groups in total. The van der Waals surface area contributed by atoms with Gasteiger partial charge >= 0.3 is 6.09 Å². The summed E-state index contributed by atoms with van der Waals surface area (Å²) in [6.07, 6.45) is 1.42. The van der Waals surface area contributed by atoms with Crippen molar-refractivity contribution in [3.63, 3.8) is 0 Å². The minimum atomic E-state index is -0.836. The fourth-order valence-electron chi connectivity index (χ4n) is 6.25. The number of nitrogens with zero attached hydrogens (tertiary/aromatic N) is 2. The molecule has 0 bridgehead atoms. The normalized spacial score (nSPS) is 24.0. The minimum absolute atomic E-state index is 0.0821. The lowest BCUT2D eigenvalue weighted by molar-refractivity contribution is -0.122. The molecule has 7 nitrogen and oxygen atoms in total. The summed E-state index contributed by atoms with van der Waals surface area (Å²) in [5.74, 6) is 1.99. The summed E-state index contributed by atoms with van der Waals surface area (Å²) in [6.45, 7) is 12.8. The molecule has 1 atom stereocenters. The van der Waals surface area contributed by atoms with Gasteiger partial charge in [0.2, 0.25) is 5.91 Å². The van der Waals surface area contributed by atoms with Crippen molar-refractivity contribution >= 4 is 17.7 Å². The minimum Gasteiger partial charge on any atom is -0.492 e. The van der Waals surface area contributed by atoms with E-state index in [2.05, 4.69) is 32.0 Å². The molecule has 7 heteroatoms. The second kappa shape index (κ2) is 8.14. The maximum Gasteiger partial charge on any atom is 0.410 e. The van der Waals surface area contributed by atoms with Crippen molar-refractivity contribution in [2.75, 3.05) is 37.7 Å². The van der Waals surface area contributed by atoms with Crippen LogP contribution in [0.5, 0.6) is 11.5 Å². The van der Waals surface area contributed by atoms with Gasteiger partial charge in [0.15, 0.2) is 0 Å². The van der Waals surface area contributed by atoms with Crippen LogP contribution in [0, 0.1) is 5.92 Å². The highest BCUT2D eigenvalue weighted by Crippen LogP contribution is 2.55. The van der Waals surface area contributed by atoms with Gasteiger partial charge in [0.05, 0.1) is 6.61 Å². The number of fused-ring (bicyclic) bond motifs is 5. The van der Waals surface area contributed by atoms with E-state index >= 15 is 0 Å².